The number of benzene rings is 2. The van der Waals surface area contributed by atoms with Gasteiger partial charge in [0.05, 0.1) is 19.0 Å². The Morgan fingerprint density at radius 3 is 2.84 bits per heavy atom. The van der Waals surface area contributed by atoms with E-state index in [1.165, 1.54) is 12.3 Å². The molecule has 0 aliphatic heterocycles. The Morgan fingerprint density at radius 1 is 1.20 bits per heavy atom. The van der Waals surface area contributed by atoms with E-state index in [1.807, 2.05) is 0 Å². The third kappa shape index (κ3) is 4.33. The molecule has 1 heterocycles. The third-order valence-corrected chi connectivity index (χ3v) is 3.62. The summed E-state index contributed by atoms with van der Waals surface area (Å²) in [7, 11) is 1.56. The summed E-state index contributed by atoms with van der Waals surface area (Å²) in [4.78, 5) is 4.30. The summed E-state index contributed by atoms with van der Waals surface area (Å²) in [6.07, 6.45) is 1.46. The topological polar surface area (TPSA) is 72.0 Å². The molecule has 6 nitrogen and oxygen atoms in total. The number of nitrogens with one attached hydrogen (secondary N) is 2. The maximum absolute atomic E-state index is 13.7. The number of hydrogen-bond acceptors (Lipinski definition) is 6. The van der Waals surface area contributed by atoms with Crippen molar-refractivity contribution in [3.63, 3.8) is 0 Å². The number of methoxy groups -OCH3 is 1. The molecule has 1 aromatic heterocycles. The lowest BCUT2D eigenvalue weighted by Gasteiger charge is -2.11. The molecule has 0 amide bonds. The lowest BCUT2D eigenvalue weighted by molar-refractivity contribution is 0.417. The maximum atomic E-state index is 13.7. The predicted octanol–water partition coefficient (Wildman–Crippen LogP) is 4.03. The summed E-state index contributed by atoms with van der Waals surface area (Å²) in [6.45, 7) is 0.283. The molecule has 128 valence electrons. The normalized spacial score (nSPS) is 10.4. The molecule has 3 aromatic rings. The van der Waals surface area contributed by atoms with Gasteiger partial charge in [0.25, 0.3) is 0 Å². The van der Waals surface area contributed by atoms with Crippen LogP contribution in [0.25, 0.3) is 0 Å². The molecule has 8 heteroatoms. The van der Waals surface area contributed by atoms with Crippen molar-refractivity contribution in [2.24, 2.45) is 0 Å². The molecule has 0 saturated carbocycles. The van der Waals surface area contributed by atoms with E-state index in [-0.39, 0.29) is 18.3 Å². The van der Waals surface area contributed by atoms with Gasteiger partial charge >= 0.3 is 0 Å². The Labute approximate surface area is 149 Å². The highest BCUT2D eigenvalue weighted by molar-refractivity contribution is 6.30. The van der Waals surface area contributed by atoms with Crippen molar-refractivity contribution < 1.29 is 9.13 Å². The first kappa shape index (κ1) is 16.9. The van der Waals surface area contributed by atoms with Crippen molar-refractivity contribution >= 4 is 29.1 Å². The van der Waals surface area contributed by atoms with Crippen molar-refractivity contribution in [3.8, 4) is 5.75 Å². The average Bonchev–Trinajstić information content (AvgIpc) is 2.62. The number of anilines is 3. The van der Waals surface area contributed by atoms with Gasteiger partial charge in [-0.25, -0.2) is 4.39 Å². The van der Waals surface area contributed by atoms with Crippen LogP contribution >= 0.6 is 11.6 Å². The molecule has 0 radical (unpaired) electrons. The van der Waals surface area contributed by atoms with E-state index in [4.69, 9.17) is 16.3 Å². The SMILES string of the molecule is COc1ccc(Cl)cc1Nc1nncc(NCc2ccccc2F)n1. The van der Waals surface area contributed by atoms with Crippen molar-refractivity contribution in [3.05, 3.63) is 65.1 Å². The molecule has 25 heavy (non-hydrogen) atoms. The minimum atomic E-state index is -0.279. The lowest BCUT2D eigenvalue weighted by Crippen LogP contribution is -2.07. The molecule has 3 rings (SSSR count). The second-order valence-electron chi connectivity index (χ2n) is 5.08. The van der Waals surface area contributed by atoms with Crippen LogP contribution in [0.2, 0.25) is 5.02 Å². The number of aromatic nitrogens is 3. The van der Waals surface area contributed by atoms with Crippen LogP contribution in [0.4, 0.5) is 21.8 Å². The molecule has 0 aliphatic carbocycles. The van der Waals surface area contributed by atoms with Gasteiger partial charge in [0.2, 0.25) is 5.95 Å². The van der Waals surface area contributed by atoms with Gasteiger partial charge in [-0.15, -0.1) is 5.10 Å². The predicted molar refractivity (Wildman–Crippen MR) is 94.8 cm³/mol. The van der Waals surface area contributed by atoms with Crippen LogP contribution in [0.15, 0.2) is 48.7 Å². The smallest absolute Gasteiger partial charge is 0.249 e. The lowest BCUT2D eigenvalue weighted by atomic mass is 10.2. The van der Waals surface area contributed by atoms with E-state index in [0.29, 0.717) is 27.8 Å². The van der Waals surface area contributed by atoms with Gasteiger partial charge in [0, 0.05) is 17.1 Å². The highest BCUT2D eigenvalue weighted by Gasteiger charge is 2.08. The van der Waals surface area contributed by atoms with Gasteiger partial charge in [-0.2, -0.15) is 10.1 Å². The Morgan fingerprint density at radius 2 is 2.04 bits per heavy atom. The van der Waals surface area contributed by atoms with Crippen molar-refractivity contribution in [2.45, 2.75) is 6.54 Å². The monoisotopic (exact) mass is 359 g/mol. The van der Waals surface area contributed by atoms with Crippen LogP contribution in [0.3, 0.4) is 0 Å². The number of nitrogens with zero attached hydrogens (tertiary/aromatic N) is 3. The Kier molecular flexibility index (Phi) is 5.25. The highest BCUT2D eigenvalue weighted by atomic mass is 35.5. The second-order valence-corrected chi connectivity index (χ2v) is 5.52. The van der Waals surface area contributed by atoms with Crippen molar-refractivity contribution in [2.75, 3.05) is 17.7 Å². The summed E-state index contributed by atoms with van der Waals surface area (Å²) in [6, 6.07) is 11.7. The fraction of sp³-hybridized carbons (Fsp3) is 0.118. The number of hydrogen-bond donors (Lipinski definition) is 2. The molecule has 0 fully saturated rings. The maximum Gasteiger partial charge on any atom is 0.249 e. The average molecular weight is 360 g/mol. The number of halogens is 2. The fourth-order valence-corrected chi connectivity index (χ4v) is 2.34. The molecule has 0 spiro atoms. The summed E-state index contributed by atoms with van der Waals surface area (Å²) in [5.41, 5.74) is 1.15. The molecular formula is C17H15ClFN5O. The summed E-state index contributed by atoms with van der Waals surface area (Å²) in [5, 5.41) is 14.4. The standard InChI is InChI=1S/C17H15ClFN5O/c1-25-15-7-6-12(18)8-14(15)22-17-23-16(10-21-24-17)20-9-11-4-2-3-5-13(11)19/h2-8,10H,9H2,1H3,(H2,20,22,23,24). The molecule has 0 aliphatic rings. The first-order chi connectivity index (χ1) is 12.2. The van der Waals surface area contributed by atoms with E-state index in [9.17, 15) is 4.39 Å². The van der Waals surface area contributed by atoms with Gasteiger partial charge < -0.3 is 15.4 Å². The molecule has 0 bridgehead atoms. The van der Waals surface area contributed by atoms with Crippen LogP contribution in [-0.4, -0.2) is 22.3 Å². The molecule has 0 unspecified atom stereocenters. The first-order valence-electron chi connectivity index (χ1n) is 7.43. The second kappa shape index (κ2) is 7.76. The van der Waals surface area contributed by atoms with E-state index < -0.39 is 0 Å². The summed E-state index contributed by atoms with van der Waals surface area (Å²) < 4.78 is 18.9. The molecule has 2 N–H and O–H groups in total. The molecular weight excluding hydrogens is 345 g/mol. The minimum Gasteiger partial charge on any atom is -0.495 e. The van der Waals surface area contributed by atoms with Crippen molar-refractivity contribution in [1.29, 1.82) is 0 Å². The van der Waals surface area contributed by atoms with Crippen molar-refractivity contribution in [1.82, 2.24) is 15.2 Å². The zero-order valence-corrected chi connectivity index (χ0v) is 14.1. The fourth-order valence-electron chi connectivity index (χ4n) is 2.17. The van der Waals surface area contributed by atoms with Gasteiger partial charge in [-0.05, 0) is 24.3 Å². The summed E-state index contributed by atoms with van der Waals surface area (Å²) in [5.74, 6) is 1.04. The van der Waals surface area contributed by atoms with Crippen LogP contribution in [0, 0.1) is 5.82 Å². The quantitative estimate of drug-likeness (QED) is 0.692. The first-order valence-corrected chi connectivity index (χ1v) is 7.81. The Hall–Kier alpha value is -2.93. The van der Waals surface area contributed by atoms with E-state index in [0.717, 1.165) is 0 Å². The van der Waals surface area contributed by atoms with E-state index >= 15 is 0 Å². The van der Waals surface area contributed by atoms with Gasteiger partial charge in [0.1, 0.15) is 11.6 Å². The van der Waals surface area contributed by atoms with Gasteiger partial charge in [-0.3, -0.25) is 0 Å². The number of ether oxygens (including phenoxy) is 1. The van der Waals surface area contributed by atoms with Gasteiger partial charge in [-0.1, -0.05) is 29.8 Å². The van der Waals surface area contributed by atoms with Crippen LogP contribution in [0.1, 0.15) is 5.56 Å². The van der Waals surface area contributed by atoms with E-state index in [1.54, 1.807) is 43.5 Å². The summed E-state index contributed by atoms with van der Waals surface area (Å²) >= 11 is 6.00. The highest BCUT2D eigenvalue weighted by Crippen LogP contribution is 2.29. The Balaban J connectivity index is 1.74. The molecule has 0 atom stereocenters. The van der Waals surface area contributed by atoms with Crippen LogP contribution in [-0.2, 0) is 6.54 Å². The zero-order chi connectivity index (χ0) is 17.6. The molecule has 2 aromatic carbocycles. The van der Waals surface area contributed by atoms with Crippen LogP contribution in [0.5, 0.6) is 5.75 Å². The third-order valence-electron chi connectivity index (χ3n) is 3.38. The minimum absolute atomic E-state index is 0.263. The zero-order valence-electron chi connectivity index (χ0n) is 13.3. The Bertz CT molecular complexity index is 877. The van der Waals surface area contributed by atoms with E-state index in [2.05, 4.69) is 25.8 Å². The molecule has 0 saturated heterocycles. The van der Waals surface area contributed by atoms with Crippen LogP contribution < -0.4 is 15.4 Å². The largest absolute Gasteiger partial charge is 0.495 e. The number of rotatable bonds is 6. The van der Waals surface area contributed by atoms with Gasteiger partial charge in [0.15, 0.2) is 5.82 Å².